The number of carbonyl (C=O) groups is 1. The molecule has 0 fully saturated rings. The molecule has 2 aromatic rings. The number of rotatable bonds is 7. The van der Waals surface area contributed by atoms with E-state index in [4.69, 9.17) is 5.11 Å². The molecule has 0 bridgehead atoms. The Kier molecular flexibility index (Phi) is 6.45. The van der Waals surface area contributed by atoms with Gasteiger partial charge in [-0.3, -0.25) is 14.9 Å². The molecule has 3 N–H and O–H groups in total. The van der Waals surface area contributed by atoms with Gasteiger partial charge in [-0.15, -0.1) is 11.8 Å². The minimum absolute atomic E-state index is 0.142. The molecular formula is C16H15FN2O5S. The first-order valence-corrected chi connectivity index (χ1v) is 8.15. The van der Waals surface area contributed by atoms with Gasteiger partial charge in [0.15, 0.2) is 0 Å². The largest absolute Gasteiger partial charge is 0.394 e. The molecule has 1 atom stereocenters. The normalized spacial score (nSPS) is 11.8. The van der Waals surface area contributed by atoms with E-state index in [1.54, 1.807) is 0 Å². The van der Waals surface area contributed by atoms with Crippen molar-refractivity contribution in [1.29, 1.82) is 0 Å². The summed E-state index contributed by atoms with van der Waals surface area (Å²) in [6, 6.07) is 8.91. The number of anilines is 1. The van der Waals surface area contributed by atoms with Crippen molar-refractivity contribution in [3.05, 3.63) is 64.0 Å². The number of aliphatic hydroxyl groups is 2. The first kappa shape index (κ1) is 18.8. The molecule has 0 radical (unpaired) electrons. The van der Waals surface area contributed by atoms with Crippen molar-refractivity contribution in [2.45, 2.75) is 11.0 Å². The Labute approximate surface area is 146 Å². The Hall–Kier alpha value is -2.49. The van der Waals surface area contributed by atoms with Crippen molar-refractivity contribution >= 4 is 29.0 Å². The molecule has 0 aliphatic rings. The summed E-state index contributed by atoms with van der Waals surface area (Å²) in [7, 11) is 0. The van der Waals surface area contributed by atoms with Crippen molar-refractivity contribution in [2.75, 3.05) is 17.7 Å². The summed E-state index contributed by atoms with van der Waals surface area (Å²) in [4.78, 5) is 23.1. The number of carbonyl (C=O) groups excluding carboxylic acids is 1. The number of nitrogens with zero attached hydrogens (tertiary/aromatic N) is 1. The molecule has 1 unspecified atom stereocenters. The molecule has 1 amide bonds. The maximum Gasteiger partial charge on any atom is 0.272 e. The van der Waals surface area contributed by atoms with E-state index in [9.17, 15) is 24.4 Å². The first-order chi connectivity index (χ1) is 11.9. The zero-order valence-corrected chi connectivity index (χ0v) is 13.7. The fraction of sp³-hybridized carbons (Fsp3) is 0.188. The van der Waals surface area contributed by atoms with E-state index in [0.29, 0.717) is 4.90 Å². The monoisotopic (exact) mass is 366 g/mol. The molecule has 0 aromatic heterocycles. The molecule has 0 saturated heterocycles. The fourth-order valence-corrected chi connectivity index (χ4v) is 2.80. The van der Waals surface area contributed by atoms with Gasteiger partial charge in [-0.2, -0.15) is 0 Å². The van der Waals surface area contributed by atoms with Gasteiger partial charge in [-0.05, 0) is 30.3 Å². The van der Waals surface area contributed by atoms with Crippen LogP contribution < -0.4 is 5.32 Å². The summed E-state index contributed by atoms with van der Waals surface area (Å²) >= 11 is 1.11. The molecule has 7 nitrogen and oxygen atoms in total. The van der Waals surface area contributed by atoms with Crippen LogP contribution in [0.3, 0.4) is 0 Å². The number of aliphatic hydroxyl groups excluding tert-OH is 2. The molecular weight excluding hydrogens is 351 g/mol. The summed E-state index contributed by atoms with van der Waals surface area (Å²) in [5, 5.41) is 31.8. The van der Waals surface area contributed by atoms with Gasteiger partial charge in [-0.1, -0.05) is 0 Å². The number of nitro groups is 1. The number of amides is 1. The van der Waals surface area contributed by atoms with Gasteiger partial charge in [0, 0.05) is 34.0 Å². The highest BCUT2D eigenvalue weighted by Gasteiger charge is 2.14. The molecule has 9 heteroatoms. The van der Waals surface area contributed by atoms with Crippen LogP contribution in [0.25, 0.3) is 0 Å². The smallest absolute Gasteiger partial charge is 0.272 e. The number of nitro benzene ring substituents is 1. The fourth-order valence-electron chi connectivity index (χ4n) is 1.89. The summed E-state index contributed by atoms with van der Waals surface area (Å²) in [5.74, 6) is -0.872. The Morgan fingerprint density at radius 1 is 1.28 bits per heavy atom. The Bertz CT molecular complexity index is 770. The molecule has 2 aromatic carbocycles. The minimum atomic E-state index is -0.957. The summed E-state index contributed by atoms with van der Waals surface area (Å²) in [6.45, 7) is -0.421. The van der Waals surface area contributed by atoms with E-state index in [0.717, 1.165) is 23.9 Å². The number of hydrogen-bond donors (Lipinski definition) is 3. The van der Waals surface area contributed by atoms with Gasteiger partial charge in [-0.25, -0.2) is 4.39 Å². The van der Waals surface area contributed by atoms with Crippen LogP contribution in [0.15, 0.2) is 47.4 Å². The van der Waals surface area contributed by atoms with Gasteiger partial charge in [0.1, 0.15) is 5.82 Å². The lowest BCUT2D eigenvalue weighted by molar-refractivity contribution is -0.385. The number of benzene rings is 2. The molecule has 0 heterocycles. The lowest BCUT2D eigenvalue weighted by Gasteiger charge is -2.10. The maximum atomic E-state index is 12.9. The number of non-ortho nitro benzene ring substituents is 1. The van der Waals surface area contributed by atoms with E-state index >= 15 is 0 Å². The van der Waals surface area contributed by atoms with Gasteiger partial charge < -0.3 is 15.5 Å². The summed E-state index contributed by atoms with van der Waals surface area (Å²) in [6.07, 6.45) is -0.957. The Morgan fingerprint density at radius 2 is 1.96 bits per heavy atom. The van der Waals surface area contributed by atoms with E-state index in [2.05, 4.69) is 5.32 Å². The summed E-state index contributed by atoms with van der Waals surface area (Å²) in [5.41, 5.74) is 0.181. The van der Waals surface area contributed by atoms with Gasteiger partial charge in [0.05, 0.1) is 17.6 Å². The topological polar surface area (TPSA) is 113 Å². The van der Waals surface area contributed by atoms with Crippen molar-refractivity contribution in [3.63, 3.8) is 0 Å². The second-order valence-corrected chi connectivity index (χ2v) is 6.17. The van der Waals surface area contributed by atoms with Crippen molar-refractivity contribution in [1.82, 2.24) is 0 Å². The third-order valence-electron chi connectivity index (χ3n) is 3.12. The number of hydrogen-bond acceptors (Lipinski definition) is 6. The quantitative estimate of drug-likeness (QED) is 0.394. The van der Waals surface area contributed by atoms with Crippen LogP contribution in [0.1, 0.15) is 10.4 Å². The highest BCUT2D eigenvalue weighted by molar-refractivity contribution is 7.99. The van der Waals surface area contributed by atoms with Crippen LogP contribution in [0.2, 0.25) is 0 Å². The Morgan fingerprint density at radius 3 is 2.56 bits per heavy atom. The molecule has 132 valence electrons. The van der Waals surface area contributed by atoms with Crippen molar-refractivity contribution in [3.8, 4) is 0 Å². The maximum absolute atomic E-state index is 12.9. The second kappa shape index (κ2) is 8.56. The average Bonchev–Trinajstić information content (AvgIpc) is 2.59. The molecule has 0 spiro atoms. The van der Waals surface area contributed by atoms with Crippen molar-refractivity contribution in [2.24, 2.45) is 0 Å². The number of halogens is 1. The van der Waals surface area contributed by atoms with E-state index in [1.165, 1.54) is 30.3 Å². The van der Waals surface area contributed by atoms with Crippen LogP contribution in [0, 0.1) is 15.9 Å². The van der Waals surface area contributed by atoms with Crippen LogP contribution >= 0.6 is 11.8 Å². The number of nitrogens with one attached hydrogen (secondary N) is 1. The standard InChI is InChI=1S/C16H15FN2O5S/c17-11-3-1-10(2-4-11)16(22)18-12-5-13(19(23)24)7-15(6-12)25-9-14(21)8-20/h1-7,14,20-21H,8-9H2,(H,18,22). The molecule has 0 aliphatic carbocycles. The zero-order valence-electron chi connectivity index (χ0n) is 12.9. The second-order valence-electron chi connectivity index (χ2n) is 5.08. The SMILES string of the molecule is O=C(Nc1cc(SCC(O)CO)cc([N+](=O)[O-])c1)c1ccc(F)cc1. The van der Waals surface area contributed by atoms with Crippen LogP contribution in [0.4, 0.5) is 15.8 Å². The average molecular weight is 366 g/mol. The van der Waals surface area contributed by atoms with E-state index in [-0.39, 0.29) is 22.7 Å². The molecule has 0 aliphatic heterocycles. The highest BCUT2D eigenvalue weighted by Crippen LogP contribution is 2.28. The number of thioether (sulfide) groups is 1. The lowest BCUT2D eigenvalue weighted by atomic mass is 10.2. The van der Waals surface area contributed by atoms with E-state index < -0.39 is 29.4 Å². The first-order valence-electron chi connectivity index (χ1n) is 7.17. The van der Waals surface area contributed by atoms with Crippen LogP contribution in [0.5, 0.6) is 0 Å². The van der Waals surface area contributed by atoms with Gasteiger partial charge >= 0.3 is 0 Å². The highest BCUT2D eigenvalue weighted by atomic mass is 32.2. The summed E-state index contributed by atoms with van der Waals surface area (Å²) < 4.78 is 12.9. The van der Waals surface area contributed by atoms with Crippen LogP contribution in [-0.2, 0) is 0 Å². The molecule has 0 saturated carbocycles. The van der Waals surface area contributed by atoms with E-state index in [1.807, 2.05) is 0 Å². The third-order valence-corrected chi connectivity index (χ3v) is 4.24. The third kappa shape index (κ3) is 5.52. The zero-order chi connectivity index (χ0) is 18.4. The van der Waals surface area contributed by atoms with Crippen LogP contribution in [-0.4, -0.2) is 39.5 Å². The predicted molar refractivity (Wildman–Crippen MR) is 91.3 cm³/mol. The van der Waals surface area contributed by atoms with Crippen molar-refractivity contribution < 1.29 is 24.3 Å². The predicted octanol–water partition coefficient (Wildman–Crippen LogP) is 2.43. The lowest BCUT2D eigenvalue weighted by Crippen LogP contribution is -2.14. The molecule has 25 heavy (non-hydrogen) atoms. The Balaban J connectivity index is 2.20. The minimum Gasteiger partial charge on any atom is -0.394 e. The van der Waals surface area contributed by atoms with Gasteiger partial charge in [0.2, 0.25) is 0 Å². The molecule has 2 rings (SSSR count). The van der Waals surface area contributed by atoms with Gasteiger partial charge in [0.25, 0.3) is 11.6 Å².